The molecule has 1 aromatic carbocycles. The van der Waals surface area contributed by atoms with E-state index in [0.717, 1.165) is 17.7 Å². The van der Waals surface area contributed by atoms with Crippen molar-refractivity contribution in [1.29, 1.82) is 0 Å². The van der Waals surface area contributed by atoms with Crippen molar-refractivity contribution in [3.8, 4) is 11.3 Å². The molecule has 0 aliphatic rings. The van der Waals surface area contributed by atoms with Gasteiger partial charge in [-0.15, -0.1) is 11.3 Å². The summed E-state index contributed by atoms with van der Waals surface area (Å²) in [6.07, 6.45) is 2.39. The van der Waals surface area contributed by atoms with Gasteiger partial charge in [-0.3, -0.25) is 14.9 Å². The third kappa shape index (κ3) is 4.72. The number of nitrogens with zero attached hydrogens (tertiary/aromatic N) is 1. The molecule has 0 aliphatic carbocycles. The third-order valence-electron chi connectivity index (χ3n) is 4.05. The topological polar surface area (TPSA) is 101 Å². The number of carbonyl (C=O) groups excluding carboxylic acids is 3. The average Bonchev–Trinajstić information content (AvgIpc) is 3.36. The van der Waals surface area contributed by atoms with Crippen LogP contribution in [-0.4, -0.2) is 34.2 Å². The maximum absolute atomic E-state index is 12.0. The molecule has 0 fully saturated rings. The molecular formula is C20H19N3O4S. The lowest BCUT2D eigenvalue weighted by Crippen LogP contribution is -2.21. The SMILES string of the molecule is CCc1ccc(-c2csc(NC(=O)COC(=O)c3cc(C(C)=O)c[nH]3)n2)cc1. The van der Waals surface area contributed by atoms with E-state index in [1.165, 1.54) is 36.1 Å². The van der Waals surface area contributed by atoms with Crippen LogP contribution in [0.4, 0.5) is 5.13 Å². The summed E-state index contributed by atoms with van der Waals surface area (Å²) < 4.78 is 4.96. The molecule has 0 radical (unpaired) electrons. The lowest BCUT2D eigenvalue weighted by Gasteiger charge is -2.03. The minimum atomic E-state index is -0.710. The smallest absolute Gasteiger partial charge is 0.355 e. The standard InChI is InChI=1S/C20H19N3O4S/c1-3-13-4-6-14(7-5-13)17-11-28-20(22-17)23-18(25)10-27-19(26)16-8-15(9-21-16)12(2)24/h4-9,11,21H,3,10H2,1-2H3,(H,22,23,25). The number of Topliss-reactive ketones (excluding diaryl/α,β-unsaturated/α-hetero) is 1. The van der Waals surface area contributed by atoms with Crippen LogP contribution in [0, 0.1) is 0 Å². The van der Waals surface area contributed by atoms with E-state index in [1.54, 1.807) is 0 Å². The van der Waals surface area contributed by atoms with Crippen molar-refractivity contribution in [3.63, 3.8) is 0 Å². The van der Waals surface area contributed by atoms with Gasteiger partial charge >= 0.3 is 5.97 Å². The molecule has 144 valence electrons. The van der Waals surface area contributed by atoms with E-state index in [9.17, 15) is 14.4 Å². The largest absolute Gasteiger partial charge is 0.451 e. The number of nitrogens with one attached hydrogen (secondary N) is 2. The molecule has 3 rings (SSSR count). The number of anilines is 1. The Kier molecular flexibility index (Phi) is 6.00. The van der Waals surface area contributed by atoms with Crippen molar-refractivity contribution in [2.75, 3.05) is 11.9 Å². The van der Waals surface area contributed by atoms with Crippen LogP contribution in [-0.2, 0) is 16.0 Å². The predicted molar refractivity (Wildman–Crippen MR) is 107 cm³/mol. The molecule has 3 aromatic rings. The van der Waals surface area contributed by atoms with Crippen LogP contribution in [0.25, 0.3) is 11.3 Å². The average molecular weight is 397 g/mol. The van der Waals surface area contributed by atoms with Crippen molar-refractivity contribution >= 4 is 34.1 Å². The molecule has 0 bridgehead atoms. The first-order valence-corrected chi connectivity index (χ1v) is 9.55. The lowest BCUT2D eigenvalue weighted by atomic mass is 10.1. The zero-order valence-corrected chi connectivity index (χ0v) is 16.3. The zero-order valence-electron chi connectivity index (χ0n) is 15.4. The van der Waals surface area contributed by atoms with Crippen molar-refractivity contribution in [1.82, 2.24) is 9.97 Å². The fourth-order valence-electron chi connectivity index (χ4n) is 2.45. The van der Waals surface area contributed by atoms with Gasteiger partial charge in [0, 0.05) is 22.7 Å². The molecular weight excluding hydrogens is 378 g/mol. The normalized spacial score (nSPS) is 10.5. The fourth-order valence-corrected chi connectivity index (χ4v) is 3.19. The molecule has 0 atom stereocenters. The predicted octanol–water partition coefficient (Wildman–Crippen LogP) is 3.70. The van der Waals surface area contributed by atoms with Crippen LogP contribution < -0.4 is 5.32 Å². The first kappa shape index (κ1) is 19.5. The Hall–Kier alpha value is -3.26. The monoisotopic (exact) mass is 397 g/mol. The molecule has 28 heavy (non-hydrogen) atoms. The summed E-state index contributed by atoms with van der Waals surface area (Å²) in [5.74, 6) is -1.37. The Morgan fingerprint density at radius 1 is 1.21 bits per heavy atom. The second kappa shape index (κ2) is 8.62. The lowest BCUT2D eigenvalue weighted by molar-refractivity contribution is -0.119. The van der Waals surface area contributed by atoms with Gasteiger partial charge in [-0.25, -0.2) is 9.78 Å². The number of ketones is 1. The van der Waals surface area contributed by atoms with Gasteiger partial charge in [-0.1, -0.05) is 31.2 Å². The van der Waals surface area contributed by atoms with Crippen molar-refractivity contribution < 1.29 is 19.1 Å². The summed E-state index contributed by atoms with van der Waals surface area (Å²) >= 11 is 1.29. The molecule has 0 spiro atoms. The van der Waals surface area contributed by atoms with E-state index in [2.05, 4.69) is 22.2 Å². The van der Waals surface area contributed by atoms with Crippen LogP contribution in [0.2, 0.25) is 0 Å². The number of aromatic amines is 1. The Bertz CT molecular complexity index is 1000. The summed E-state index contributed by atoms with van der Waals surface area (Å²) in [5.41, 5.74) is 3.46. The quantitative estimate of drug-likeness (QED) is 0.468. The van der Waals surface area contributed by atoms with Gasteiger partial charge < -0.3 is 9.72 Å². The molecule has 0 unspecified atom stereocenters. The number of rotatable bonds is 7. The second-order valence-corrected chi connectivity index (χ2v) is 6.93. The molecule has 0 saturated carbocycles. The number of esters is 1. The summed E-state index contributed by atoms with van der Waals surface area (Å²) in [5, 5.41) is 4.89. The number of carbonyl (C=O) groups is 3. The summed E-state index contributed by atoms with van der Waals surface area (Å²) in [7, 11) is 0. The van der Waals surface area contributed by atoms with E-state index in [0.29, 0.717) is 10.7 Å². The number of amides is 1. The number of hydrogen-bond donors (Lipinski definition) is 2. The van der Waals surface area contributed by atoms with E-state index >= 15 is 0 Å². The number of thiazole rings is 1. The number of ether oxygens (including phenoxy) is 1. The van der Waals surface area contributed by atoms with E-state index < -0.39 is 18.5 Å². The highest BCUT2D eigenvalue weighted by Gasteiger charge is 2.15. The molecule has 1 amide bonds. The number of aryl methyl sites for hydroxylation is 1. The van der Waals surface area contributed by atoms with E-state index in [1.807, 2.05) is 29.6 Å². The van der Waals surface area contributed by atoms with Gasteiger partial charge in [-0.2, -0.15) is 0 Å². The van der Waals surface area contributed by atoms with E-state index in [4.69, 9.17) is 4.74 Å². The maximum atomic E-state index is 12.0. The number of H-pyrrole nitrogens is 1. The Labute approximate surface area is 165 Å². The molecule has 2 aromatic heterocycles. The van der Waals surface area contributed by atoms with Gasteiger partial charge in [0.05, 0.1) is 5.69 Å². The summed E-state index contributed by atoms with van der Waals surface area (Å²) in [6.45, 7) is 3.04. The maximum Gasteiger partial charge on any atom is 0.355 e. The Morgan fingerprint density at radius 3 is 2.61 bits per heavy atom. The minimum absolute atomic E-state index is 0.116. The molecule has 8 heteroatoms. The van der Waals surface area contributed by atoms with E-state index in [-0.39, 0.29) is 11.5 Å². The molecule has 0 saturated heterocycles. The fraction of sp³-hybridized carbons (Fsp3) is 0.200. The molecule has 0 aliphatic heterocycles. The third-order valence-corrected chi connectivity index (χ3v) is 4.81. The first-order chi connectivity index (χ1) is 13.5. The number of aromatic nitrogens is 2. The highest BCUT2D eigenvalue weighted by Crippen LogP contribution is 2.25. The van der Waals surface area contributed by atoms with Crippen LogP contribution in [0.15, 0.2) is 41.9 Å². The van der Waals surface area contributed by atoms with Gasteiger partial charge in [0.1, 0.15) is 5.69 Å². The van der Waals surface area contributed by atoms with Crippen LogP contribution >= 0.6 is 11.3 Å². The second-order valence-electron chi connectivity index (χ2n) is 6.07. The number of hydrogen-bond acceptors (Lipinski definition) is 6. The van der Waals surface area contributed by atoms with Crippen LogP contribution in [0.1, 0.15) is 40.3 Å². The van der Waals surface area contributed by atoms with Crippen molar-refractivity contribution in [2.45, 2.75) is 20.3 Å². The van der Waals surface area contributed by atoms with Crippen LogP contribution in [0.3, 0.4) is 0 Å². The van der Waals surface area contributed by atoms with Gasteiger partial charge in [-0.05, 0) is 25.0 Å². The summed E-state index contributed by atoms with van der Waals surface area (Å²) in [6, 6.07) is 9.47. The molecule has 2 N–H and O–H groups in total. The molecule has 7 nitrogen and oxygen atoms in total. The van der Waals surface area contributed by atoms with Gasteiger partial charge in [0.15, 0.2) is 17.5 Å². The summed E-state index contributed by atoms with van der Waals surface area (Å²) in [4.78, 5) is 42.2. The van der Waals surface area contributed by atoms with Crippen molar-refractivity contribution in [2.24, 2.45) is 0 Å². The Balaban J connectivity index is 1.54. The number of benzene rings is 1. The molecule has 2 heterocycles. The van der Waals surface area contributed by atoms with Crippen molar-refractivity contribution in [3.05, 3.63) is 58.7 Å². The highest BCUT2D eigenvalue weighted by atomic mass is 32.1. The minimum Gasteiger partial charge on any atom is -0.451 e. The van der Waals surface area contributed by atoms with Gasteiger partial charge in [0.2, 0.25) is 0 Å². The highest BCUT2D eigenvalue weighted by molar-refractivity contribution is 7.14. The van der Waals surface area contributed by atoms with Crippen LogP contribution in [0.5, 0.6) is 0 Å². The zero-order chi connectivity index (χ0) is 20.1. The van der Waals surface area contributed by atoms with Gasteiger partial charge in [0.25, 0.3) is 5.91 Å². The Morgan fingerprint density at radius 2 is 1.96 bits per heavy atom. The first-order valence-electron chi connectivity index (χ1n) is 8.67.